The molecule has 9 heteroatoms. The monoisotopic (exact) mass is 332 g/mol. The van der Waals surface area contributed by atoms with Gasteiger partial charge in [-0.2, -0.15) is 8.42 Å². The fourth-order valence-electron chi connectivity index (χ4n) is 1.65. The molecule has 21 heavy (non-hydrogen) atoms. The first kappa shape index (κ1) is 23.1. The Morgan fingerprint density at radius 1 is 1.24 bits per heavy atom. The van der Waals surface area contributed by atoms with E-state index in [0.717, 1.165) is 25.7 Å². The number of carbonyl (C=O) groups excluding carboxylic acids is 2. The summed E-state index contributed by atoms with van der Waals surface area (Å²) >= 11 is 0. The Morgan fingerprint density at radius 3 is 2.24 bits per heavy atom. The maximum Gasteiger partial charge on any atom is 1.00 e. The first-order valence-corrected chi connectivity index (χ1v) is 8.05. The Hall–Kier alpha value is -0.150. The second-order valence-electron chi connectivity index (χ2n) is 4.68. The molecule has 0 heterocycles. The van der Waals surface area contributed by atoms with Gasteiger partial charge in [-0.05, 0) is 19.8 Å². The topological polar surface area (TPSA) is 121 Å². The Kier molecular flexibility index (Phi) is 12.6. The molecule has 118 valence electrons. The first-order chi connectivity index (χ1) is 9.18. The van der Waals surface area contributed by atoms with Crippen molar-refractivity contribution < 1.29 is 62.0 Å². The van der Waals surface area contributed by atoms with Crippen LogP contribution in [0.3, 0.4) is 0 Å². The van der Waals surface area contributed by atoms with Crippen molar-refractivity contribution >= 4 is 22.1 Å². The van der Waals surface area contributed by atoms with E-state index in [4.69, 9.17) is 9.29 Å². The van der Waals surface area contributed by atoms with Gasteiger partial charge >= 0.3 is 35.5 Å². The molecule has 0 aliphatic carbocycles. The molecule has 7 nitrogen and oxygen atoms in total. The van der Waals surface area contributed by atoms with Gasteiger partial charge in [0.1, 0.15) is 0 Å². The third-order valence-electron chi connectivity index (χ3n) is 2.76. The minimum atomic E-state index is -4.83. The quantitative estimate of drug-likeness (QED) is 0.200. The molecule has 0 aromatic carbocycles. The maximum absolute atomic E-state index is 11.6. The molecule has 1 N–H and O–H groups in total. The van der Waals surface area contributed by atoms with Gasteiger partial charge in [-0.15, -0.1) is 0 Å². The van der Waals surface area contributed by atoms with E-state index < -0.39 is 39.8 Å². The van der Waals surface area contributed by atoms with Crippen LogP contribution in [0, 0.1) is 0 Å². The van der Waals surface area contributed by atoms with Crippen LogP contribution in [0.5, 0.6) is 0 Å². The molecule has 0 saturated carbocycles. The average Bonchev–Trinajstić information content (AvgIpc) is 2.30. The Labute approximate surface area is 147 Å². The van der Waals surface area contributed by atoms with Gasteiger partial charge in [-0.3, -0.25) is 9.35 Å². The molecule has 0 amide bonds. The summed E-state index contributed by atoms with van der Waals surface area (Å²) in [4.78, 5) is 22.0. The van der Waals surface area contributed by atoms with Gasteiger partial charge in [0, 0.05) is 12.4 Å². The molecule has 0 aliphatic rings. The van der Waals surface area contributed by atoms with Crippen LogP contribution in [0.4, 0.5) is 0 Å². The van der Waals surface area contributed by atoms with Crippen molar-refractivity contribution in [1.29, 1.82) is 0 Å². The maximum atomic E-state index is 11.6. The Bertz CT molecular complexity index is 421. The number of ether oxygens (including phenoxy) is 1. The molecule has 0 bridgehead atoms. The van der Waals surface area contributed by atoms with Crippen molar-refractivity contribution in [3.8, 4) is 0 Å². The van der Waals surface area contributed by atoms with Gasteiger partial charge in [-0.25, -0.2) is 0 Å². The summed E-state index contributed by atoms with van der Waals surface area (Å²) in [5.74, 6) is -3.01. The van der Waals surface area contributed by atoms with Crippen molar-refractivity contribution in [2.75, 3.05) is 0 Å². The van der Waals surface area contributed by atoms with E-state index in [2.05, 4.69) is 6.92 Å². The van der Waals surface area contributed by atoms with Crippen LogP contribution in [0.15, 0.2) is 0 Å². The van der Waals surface area contributed by atoms with E-state index in [1.165, 1.54) is 0 Å². The fraction of sp³-hybridized carbons (Fsp3) is 0.833. The van der Waals surface area contributed by atoms with Gasteiger partial charge in [0.2, 0.25) is 0 Å². The summed E-state index contributed by atoms with van der Waals surface area (Å²) in [7, 11) is -4.83. The van der Waals surface area contributed by atoms with Crippen LogP contribution in [0.2, 0.25) is 0 Å². The number of aliphatic carboxylic acids is 1. The van der Waals surface area contributed by atoms with Crippen molar-refractivity contribution in [3.05, 3.63) is 0 Å². The van der Waals surface area contributed by atoms with E-state index >= 15 is 0 Å². The van der Waals surface area contributed by atoms with Gasteiger partial charge < -0.3 is 14.6 Å². The number of hydrogen-bond acceptors (Lipinski definition) is 6. The molecule has 0 fully saturated rings. The van der Waals surface area contributed by atoms with Crippen LogP contribution < -0.4 is 34.7 Å². The first-order valence-electron chi connectivity index (χ1n) is 6.55. The van der Waals surface area contributed by atoms with Crippen molar-refractivity contribution in [1.82, 2.24) is 0 Å². The zero-order chi connectivity index (χ0) is 15.8. The molecule has 0 aliphatic heterocycles. The molecule has 0 aromatic heterocycles. The number of carboxylic acids is 1. The molecular formula is C12H21NaO7S. The van der Waals surface area contributed by atoms with Crippen LogP contribution >= 0.6 is 0 Å². The summed E-state index contributed by atoms with van der Waals surface area (Å²) < 4.78 is 35.6. The average molecular weight is 332 g/mol. The van der Waals surface area contributed by atoms with Crippen molar-refractivity contribution in [2.45, 2.75) is 63.7 Å². The normalized spacial score (nSPS) is 13.9. The summed E-state index contributed by atoms with van der Waals surface area (Å²) in [6.07, 6.45) is 2.79. The summed E-state index contributed by atoms with van der Waals surface area (Å²) in [6.45, 7) is 3.64. The van der Waals surface area contributed by atoms with E-state index in [1.54, 1.807) is 6.92 Å². The summed E-state index contributed by atoms with van der Waals surface area (Å²) in [5.41, 5.74) is 0. The Morgan fingerprint density at radius 2 is 1.81 bits per heavy atom. The smallest absolute Gasteiger partial charge is 0.550 e. The summed E-state index contributed by atoms with van der Waals surface area (Å²) in [6, 6.07) is 0. The van der Waals surface area contributed by atoms with Crippen LogP contribution in [-0.2, 0) is 24.4 Å². The van der Waals surface area contributed by atoms with Gasteiger partial charge in [0.05, 0.1) is 6.10 Å². The van der Waals surface area contributed by atoms with Crippen molar-refractivity contribution in [2.24, 2.45) is 0 Å². The number of rotatable bonds is 10. The molecule has 0 spiro atoms. The minimum Gasteiger partial charge on any atom is -0.550 e. The molecule has 0 saturated heterocycles. The Balaban J connectivity index is 0. The zero-order valence-corrected chi connectivity index (χ0v) is 15.5. The summed E-state index contributed by atoms with van der Waals surface area (Å²) in [5, 5.41) is 8.26. The minimum absolute atomic E-state index is 0. The molecular weight excluding hydrogens is 311 g/mol. The van der Waals surface area contributed by atoms with Gasteiger partial charge in [0.25, 0.3) is 10.1 Å². The fourth-order valence-corrected chi connectivity index (χ4v) is 2.30. The van der Waals surface area contributed by atoms with E-state index in [-0.39, 0.29) is 29.6 Å². The number of unbranched alkanes of at least 4 members (excludes halogenated alkanes) is 3. The van der Waals surface area contributed by atoms with Crippen LogP contribution in [0.1, 0.15) is 52.4 Å². The SMILES string of the molecule is CCCCCCC(C)OC(=O)C(CC(=O)[O-])S(=O)(=O)O.[Na+]. The third kappa shape index (κ3) is 11.1. The number of carbonyl (C=O) groups is 2. The van der Waals surface area contributed by atoms with E-state index in [1.807, 2.05) is 0 Å². The van der Waals surface area contributed by atoms with Crippen LogP contribution in [-0.4, -0.2) is 36.3 Å². The molecule has 0 rings (SSSR count). The predicted octanol–water partition coefficient (Wildman–Crippen LogP) is -2.71. The van der Waals surface area contributed by atoms with Crippen LogP contribution in [0.25, 0.3) is 0 Å². The second kappa shape index (κ2) is 11.4. The van der Waals surface area contributed by atoms with E-state index in [9.17, 15) is 23.1 Å². The van der Waals surface area contributed by atoms with Crippen molar-refractivity contribution in [3.63, 3.8) is 0 Å². The third-order valence-corrected chi connectivity index (χ3v) is 3.83. The zero-order valence-electron chi connectivity index (χ0n) is 12.7. The standard InChI is InChI=1S/C12H22O7S.Na/c1-3-4-5-6-7-9(2)19-12(15)10(8-11(13)14)20(16,17)18;/h9-10H,3-8H2,1-2H3,(H,13,14)(H,16,17,18);/q;+1/p-1. The van der Waals surface area contributed by atoms with Gasteiger partial charge in [-0.1, -0.05) is 26.2 Å². The number of hydrogen-bond donors (Lipinski definition) is 1. The largest absolute Gasteiger partial charge is 1.00 e. The van der Waals surface area contributed by atoms with E-state index in [0.29, 0.717) is 6.42 Å². The number of carboxylic acid groups (broad SMARTS) is 1. The molecule has 0 radical (unpaired) electrons. The number of esters is 1. The molecule has 0 aromatic rings. The second-order valence-corrected chi connectivity index (χ2v) is 6.28. The predicted molar refractivity (Wildman–Crippen MR) is 69.3 cm³/mol. The molecule has 2 unspecified atom stereocenters. The molecule has 2 atom stereocenters. The van der Waals surface area contributed by atoms with Gasteiger partial charge in [0.15, 0.2) is 5.25 Å².